The summed E-state index contributed by atoms with van der Waals surface area (Å²) in [6.07, 6.45) is 3.67. The number of nitrogens with zero attached hydrogens (tertiary/aromatic N) is 1. The Hall–Kier alpha value is -0.0500. The van der Waals surface area contributed by atoms with Crippen molar-refractivity contribution in [3.8, 4) is 0 Å². The minimum absolute atomic E-state index is 0.458. The molecule has 0 aliphatic carbocycles. The molecule has 0 aromatic carbocycles. The van der Waals surface area contributed by atoms with E-state index in [1.165, 1.54) is 16.9 Å². The van der Waals surface area contributed by atoms with Crippen molar-refractivity contribution in [3.05, 3.63) is 21.1 Å². The Balaban J connectivity index is 2.84. The van der Waals surface area contributed by atoms with E-state index in [-0.39, 0.29) is 0 Å². The summed E-state index contributed by atoms with van der Waals surface area (Å²) < 4.78 is 0.712. The third kappa shape index (κ3) is 3.29. The van der Waals surface area contributed by atoms with Crippen LogP contribution in [0.15, 0.2) is 11.8 Å². The molecule has 13 heavy (non-hydrogen) atoms. The molecular formula is C9H11Cl2NS. The van der Waals surface area contributed by atoms with E-state index in [1.54, 1.807) is 6.20 Å². The Kier molecular flexibility index (Phi) is 4.23. The van der Waals surface area contributed by atoms with Gasteiger partial charge in [-0.2, -0.15) is 0 Å². The maximum absolute atomic E-state index is 5.79. The molecule has 1 aromatic rings. The van der Waals surface area contributed by atoms with Crippen molar-refractivity contribution in [2.45, 2.75) is 13.8 Å². The van der Waals surface area contributed by atoms with Crippen molar-refractivity contribution < 1.29 is 0 Å². The van der Waals surface area contributed by atoms with Crippen molar-refractivity contribution in [1.82, 2.24) is 4.98 Å². The maximum Gasteiger partial charge on any atom is 0.117 e. The van der Waals surface area contributed by atoms with Gasteiger partial charge >= 0.3 is 0 Å². The van der Waals surface area contributed by atoms with Crippen LogP contribution in [0.3, 0.4) is 0 Å². The largest absolute Gasteiger partial charge is 0.244 e. The summed E-state index contributed by atoms with van der Waals surface area (Å²) in [7, 11) is 0. The number of hydrogen-bond donors (Lipinski definition) is 0. The first-order chi connectivity index (χ1) is 6.13. The van der Waals surface area contributed by atoms with E-state index in [0.717, 1.165) is 5.01 Å². The van der Waals surface area contributed by atoms with Gasteiger partial charge in [0.2, 0.25) is 0 Å². The van der Waals surface area contributed by atoms with Gasteiger partial charge in [-0.05, 0) is 17.6 Å². The predicted octanol–water partition coefficient (Wildman–Crippen LogP) is 4.07. The molecule has 0 fully saturated rings. The second kappa shape index (κ2) is 4.99. The minimum atomic E-state index is 0.458. The topological polar surface area (TPSA) is 12.9 Å². The lowest BCUT2D eigenvalue weighted by Gasteiger charge is -2.05. The van der Waals surface area contributed by atoms with E-state index in [0.29, 0.717) is 16.1 Å². The molecule has 1 rings (SSSR count). The summed E-state index contributed by atoms with van der Waals surface area (Å²) in [4.78, 5) is 4.14. The van der Waals surface area contributed by atoms with Gasteiger partial charge in [0, 0.05) is 5.88 Å². The fraction of sp³-hybridized carbons (Fsp3) is 0.444. The van der Waals surface area contributed by atoms with E-state index in [4.69, 9.17) is 23.2 Å². The molecule has 72 valence electrons. The quantitative estimate of drug-likeness (QED) is 0.720. The molecule has 4 heteroatoms. The highest BCUT2D eigenvalue weighted by atomic mass is 35.5. The van der Waals surface area contributed by atoms with Crippen LogP contribution in [0.1, 0.15) is 18.9 Å². The molecule has 0 bridgehead atoms. The molecular weight excluding hydrogens is 225 g/mol. The zero-order valence-electron chi connectivity index (χ0n) is 7.55. The first-order valence-corrected chi connectivity index (χ1v) is 5.74. The van der Waals surface area contributed by atoms with Crippen molar-refractivity contribution in [2.75, 3.05) is 5.88 Å². The molecule has 0 spiro atoms. The minimum Gasteiger partial charge on any atom is -0.244 e. The highest BCUT2D eigenvalue weighted by molar-refractivity contribution is 7.16. The molecule has 0 saturated carbocycles. The first kappa shape index (κ1) is 11.0. The lowest BCUT2D eigenvalue weighted by atomic mass is 10.1. The summed E-state index contributed by atoms with van der Waals surface area (Å²) in [5.74, 6) is 1.01. The Morgan fingerprint density at radius 2 is 2.38 bits per heavy atom. The lowest BCUT2D eigenvalue weighted by Crippen LogP contribution is -1.94. The number of thiazole rings is 1. The lowest BCUT2D eigenvalue weighted by molar-refractivity contribution is 0.778. The first-order valence-electron chi connectivity index (χ1n) is 4.01. The summed E-state index contributed by atoms with van der Waals surface area (Å²) in [6.45, 7) is 4.23. The molecule has 0 saturated heterocycles. The third-order valence-electron chi connectivity index (χ3n) is 1.70. The molecule has 0 aliphatic heterocycles. The van der Waals surface area contributed by atoms with Crippen LogP contribution in [0.4, 0.5) is 0 Å². The van der Waals surface area contributed by atoms with Crippen LogP contribution in [0.25, 0.3) is 6.08 Å². The second-order valence-corrected chi connectivity index (χ2v) is 4.97. The van der Waals surface area contributed by atoms with Gasteiger partial charge in [-0.3, -0.25) is 0 Å². The van der Waals surface area contributed by atoms with E-state index in [2.05, 4.69) is 18.8 Å². The number of aromatic nitrogens is 1. The van der Waals surface area contributed by atoms with Crippen LogP contribution < -0.4 is 0 Å². The highest BCUT2D eigenvalue weighted by Crippen LogP contribution is 2.22. The molecule has 0 atom stereocenters. The fourth-order valence-electron chi connectivity index (χ4n) is 0.852. The molecule has 0 aliphatic rings. The van der Waals surface area contributed by atoms with Crippen LogP contribution in [-0.2, 0) is 0 Å². The standard InChI is InChI=1S/C9H11Cl2NS/c1-6(2)7(4-10)3-9-12-5-8(11)13-9/h3,5-6H,4H2,1-2H3/b7-3+. The zero-order valence-corrected chi connectivity index (χ0v) is 9.88. The number of hydrogen-bond acceptors (Lipinski definition) is 2. The van der Waals surface area contributed by atoms with Gasteiger partial charge in [-0.25, -0.2) is 4.98 Å². The monoisotopic (exact) mass is 235 g/mol. The molecule has 0 N–H and O–H groups in total. The van der Waals surface area contributed by atoms with Gasteiger partial charge in [0.15, 0.2) is 0 Å². The Bertz CT molecular complexity index is 304. The smallest absolute Gasteiger partial charge is 0.117 e. The number of rotatable bonds is 3. The van der Waals surface area contributed by atoms with E-state index >= 15 is 0 Å². The molecule has 1 heterocycles. The summed E-state index contributed by atoms with van der Waals surface area (Å²) in [5.41, 5.74) is 1.19. The van der Waals surface area contributed by atoms with Crippen LogP contribution >= 0.6 is 34.5 Å². The molecule has 0 radical (unpaired) electrons. The average Bonchev–Trinajstić information content (AvgIpc) is 2.46. The zero-order chi connectivity index (χ0) is 9.84. The van der Waals surface area contributed by atoms with Crippen LogP contribution in [0.5, 0.6) is 0 Å². The Labute approximate surface area is 92.4 Å². The highest BCUT2D eigenvalue weighted by Gasteiger charge is 2.03. The second-order valence-electron chi connectivity index (χ2n) is 3.01. The molecule has 1 aromatic heterocycles. The van der Waals surface area contributed by atoms with Crippen LogP contribution in [0.2, 0.25) is 4.34 Å². The van der Waals surface area contributed by atoms with E-state index < -0.39 is 0 Å². The van der Waals surface area contributed by atoms with Gasteiger partial charge in [0.25, 0.3) is 0 Å². The fourth-order valence-corrected chi connectivity index (χ4v) is 2.14. The van der Waals surface area contributed by atoms with Crippen molar-refractivity contribution in [3.63, 3.8) is 0 Å². The predicted molar refractivity (Wildman–Crippen MR) is 60.7 cm³/mol. The summed E-state index contributed by atoms with van der Waals surface area (Å²) in [6, 6.07) is 0. The van der Waals surface area contributed by atoms with E-state index in [9.17, 15) is 0 Å². The Morgan fingerprint density at radius 1 is 1.69 bits per heavy atom. The third-order valence-corrected chi connectivity index (χ3v) is 3.07. The van der Waals surface area contributed by atoms with Gasteiger partial charge < -0.3 is 0 Å². The molecule has 1 nitrogen and oxygen atoms in total. The van der Waals surface area contributed by atoms with Gasteiger partial charge in [0.05, 0.1) is 6.20 Å². The van der Waals surface area contributed by atoms with Gasteiger partial charge in [-0.1, -0.05) is 25.4 Å². The number of halogens is 2. The number of alkyl halides is 1. The number of allylic oxidation sites excluding steroid dienone is 1. The van der Waals surface area contributed by atoms with Crippen molar-refractivity contribution >= 4 is 40.6 Å². The van der Waals surface area contributed by atoms with E-state index in [1.807, 2.05) is 6.08 Å². The maximum atomic E-state index is 5.79. The van der Waals surface area contributed by atoms with Gasteiger partial charge in [-0.15, -0.1) is 22.9 Å². The van der Waals surface area contributed by atoms with Crippen LogP contribution in [0, 0.1) is 5.92 Å². The normalized spacial score (nSPS) is 12.5. The Morgan fingerprint density at radius 3 is 2.77 bits per heavy atom. The average molecular weight is 236 g/mol. The van der Waals surface area contributed by atoms with Crippen LogP contribution in [-0.4, -0.2) is 10.9 Å². The van der Waals surface area contributed by atoms with Crippen molar-refractivity contribution in [1.29, 1.82) is 0 Å². The molecule has 0 unspecified atom stereocenters. The van der Waals surface area contributed by atoms with Gasteiger partial charge in [0.1, 0.15) is 9.34 Å². The van der Waals surface area contributed by atoms with Crippen molar-refractivity contribution in [2.24, 2.45) is 5.92 Å². The summed E-state index contributed by atoms with van der Waals surface area (Å²) in [5, 5.41) is 0.925. The SMILES string of the molecule is CC(C)/C(=C/c1ncc(Cl)s1)CCl. The summed E-state index contributed by atoms with van der Waals surface area (Å²) >= 11 is 13.0. The molecule has 0 amide bonds.